The van der Waals surface area contributed by atoms with E-state index in [0.717, 1.165) is 10.0 Å². The lowest BCUT2D eigenvalue weighted by atomic mass is 10.1. The maximum atomic E-state index is 11.0. The Kier molecular flexibility index (Phi) is 2.45. The molecule has 0 aliphatic rings. The number of benzene rings is 1. The van der Waals surface area contributed by atoms with Crippen LogP contribution in [0.25, 0.3) is 11.3 Å². The number of rotatable bonds is 1. The van der Waals surface area contributed by atoms with Crippen LogP contribution in [0.3, 0.4) is 0 Å². The van der Waals surface area contributed by atoms with E-state index in [2.05, 4.69) is 25.9 Å². The van der Waals surface area contributed by atoms with Gasteiger partial charge in [-0.25, -0.2) is 4.98 Å². The molecule has 1 aromatic carbocycles. The zero-order valence-corrected chi connectivity index (χ0v) is 8.78. The Hall–Kier alpha value is -1.42. The van der Waals surface area contributed by atoms with Gasteiger partial charge in [-0.1, -0.05) is 28.1 Å². The van der Waals surface area contributed by atoms with Crippen LogP contribution in [0, 0.1) is 0 Å². The van der Waals surface area contributed by atoms with E-state index in [1.807, 2.05) is 24.3 Å². The summed E-state index contributed by atoms with van der Waals surface area (Å²) in [4.78, 5) is 17.6. The first kappa shape index (κ1) is 9.15. The summed E-state index contributed by atoms with van der Waals surface area (Å²) in [5.41, 5.74) is 1.45. The molecule has 0 unspecified atom stereocenters. The number of nitrogens with zero attached hydrogens (tertiary/aromatic N) is 1. The fourth-order valence-electron chi connectivity index (χ4n) is 1.17. The van der Waals surface area contributed by atoms with Crippen molar-refractivity contribution in [3.8, 4) is 11.3 Å². The van der Waals surface area contributed by atoms with Crippen molar-refractivity contribution in [3.63, 3.8) is 0 Å². The summed E-state index contributed by atoms with van der Waals surface area (Å²) in [6.07, 6.45) is 1.40. The number of aromatic amines is 1. The van der Waals surface area contributed by atoms with E-state index in [9.17, 15) is 4.79 Å². The first-order chi connectivity index (χ1) is 6.75. The first-order valence-electron chi connectivity index (χ1n) is 4.06. The predicted molar refractivity (Wildman–Crippen MR) is 58.0 cm³/mol. The third-order valence-corrected chi connectivity index (χ3v) is 2.29. The van der Waals surface area contributed by atoms with E-state index in [0.29, 0.717) is 5.69 Å². The summed E-state index contributed by atoms with van der Waals surface area (Å²) < 4.78 is 0.970. The molecule has 0 aliphatic heterocycles. The lowest BCUT2D eigenvalue weighted by molar-refractivity contribution is 1.12. The summed E-state index contributed by atoms with van der Waals surface area (Å²) in [5, 5.41) is 0. The van der Waals surface area contributed by atoms with Crippen LogP contribution in [-0.4, -0.2) is 9.97 Å². The number of hydrogen-bond donors (Lipinski definition) is 1. The number of nitrogens with one attached hydrogen (secondary N) is 1. The molecule has 0 atom stereocenters. The van der Waals surface area contributed by atoms with Gasteiger partial charge in [-0.3, -0.25) is 4.79 Å². The van der Waals surface area contributed by atoms with Crippen molar-refractivity contribution in [1.29, 1.82) is 0 Å². The van der Waals surface area contributed by atoms with E-state index >= 15 is 0 Å². The highest BCUT2D eigenvalue weighted by Crippen LogP contribution is 2.19. The van der Waals surface area contributed by atoms with Crippen LogP contribution in [0.1, 0.15) is 0 Å². The van der Waals surface area contributed by atoms with E-state index in [1.54, 1.807) is 0 Å². The van der Waals surface area contributed by atoms with Gasteiger partial charge in [-0.2, -0.15) is 0 Å². The topological polar surface area (TPSA) is 45.8 Å². The maximum Gasteiger partial charge on any atom is 0.251 e. The lowest BCUT2D eigenvalue weighted by Gasteiger charge is -1.99. The zero-order chi connectivity index (χ0) is 9.97. The largest absolute Gasteiger partial charge is 0.313 e. The second-order valence-electron chi connectivity index (χ2n) is 2.81. The van der Waals surface area contributed by atoms with Crippen LogP contribution in [0.15, 0.2) is 45.9 Å². The van der Waals surface area contributed by atoms with Crippen molar-refractivity contribution in [2.45, 2.75) is 0 Å². The van der Waals surface area contributed by atoms with Crippen molar-refractivity contribution < 1.29 is 0 Å². The minimum absolute atomic E-state index is 0.144. The molecule has 2 rings (SSSR count). The molecular formula is C10H7BrN2O. The first-order valence-corrected chi connectivity index (χ1v) is 4.86. The molecule has 0 amide bonds. The molecule has 1 heterocycles. The van der Waals surface area contributed by atoms with Gasteiger partial charge in [-0.05, 0) is 12.1 Å². The normalized spacial score (nSPS) is 10.1. The van der Waals surface area contributed by atoms with Crippen molar-refractivity contribution in [2.75, 3.05) is 0 Å². The number of H-pyrrole nitrogens is 1. The minimum atomic E-state index is -0.144. The predicted octanol–water partition coefficient (Wildman–Crippen LogP) is 2.20. The van der Waals surface area contributed by atoms with Gasteiger partial charge in [-0.15, -0.1) is 0 Å². The molecule has 0 radical (unpaired) electrons. The Morgan fingerprint density at radius 3 is 2.86 bits per heavy atom. The highest BCUT2D eigenvalue weighted by molar-refractivity contribution is 9.10. The Labute approximate surface area is 89.0 Å². The van der Waals surface area contributed by atoms with Gasteiger partial charge in [0.1, 0.15) is 0 Å². The van der Waals surface area contributed by atoms with E-state index in [-0.39, 0.29) is 5.56 Å². The van der Waals surface area contributed by atoms with Gasteiger partial charge in [0.05, 0.1) is 12.0 Å². The Balaban J connectivity index is 2.55. The average Bonchev–Trinajstić information content (AvgIpc) is 2.18. The molecule has 70 valence electrons. The summed E-state index contributed by atoms with van der Waals surface area (Å²) in [5.74, 6) is 0. The Morgan fingerprint density at radius 1 is 1.29 bits per heavy atom. The molecule has 14 heavy (non-hydrogen) atoms. The molecule has 0 bridgehead atoms. The van der Waals surface area contributed by atoms with Crippen LogP contribution in [0.4, 0.5) is 0 Å². The van der Waals surface area contributed by atoms with Gasteiger partial charge in [0.2, 0.25) is 0 Å². The van der Waals surface area contributed by atoms with Gasteiger partial charge in [0, 0.05) is 16.1 Å². The van der Waals surface area contributed by atoms with Crippen molar-refractivity contribution in [3.05, 3.63) is 51.5 Å². The molecular weight excluding hydrogens is 244 g/mol. The Morgan fingerprint density at radius 2 is 2.14 bits per heavy atom. The summed E-state index contributed by atoms with van der Waals surface area (Å²) in [7, 11) is 0. The minimum Gasteiger partial charge on any atom is -0.313 e. The third kappa shape index (κ3) is 1.90. The van der Waals surface area contributed by atoms with Gasteiger partial charge in [0.25, 0.3) is 5.56 Å². The van der Waals surface area contributed by atoms with Crippen LogP contribution >= 0.6 is 15.9 Å². The van der Waals surface area contributed by atoms with Crippen molar-refractivity contribution >= 4 is 15.9 Å². The van der Waals surface area contributed by atoms with Crippen molar-refractivity contribution in [1.82, 2.24) is 9.97 Å². The quantitative estimate of drug-likeness (QED) is 0.844. The standard InChI is InChI=1S/C10H7BrN2O/c11-8-3-1-2-7(4-8)9-5-10(14)13-6-12-9/h1-6H,(H,12,13,14). The number of hydrogen-bond acceptors (Lipinski definition) is 2. The fourth-order valence-corrected chi connectivity index (χ4v) is 1.57. The molecule has 0 saturated carbocycles. The number of halogens is 1. The van der Waals surface area contributed by atoms with Crippen LogP contribution in [0.2, 0.25) is 0 Å². The van der Waals surface area contributed by atoms with E-state index in [4.69, 9.17) is 0 Å². The number of aromatic nitrogens is 2. The molecule has 0 fully saturated rings. The summed E-state index contributed by atoms with van der Waals surface area (Å²) in [6.45, 7) is 0. The van der Waals surface area contributed by atoms with Crippen molar-refractivity contribution in [2.24, 2.45) is 0 Å². The maximum absolute atomic E-state index is 11.0. The summed E-state index contributed by atoms with van der Waals surface area (Å²) >= 11 is 3.36. The molecule has 0 aliphatic carbocycles. The van der Waals surface area contributed by atoms with Gasteiger partial charge >= 0.3 is 0 Å². The highest BCUT2D eigenvalue weighted by atomic mass is 79.9. The fraction of sp³-hybridized carbons (Fsp3) is 0. The SMILES string of the molecule is O=c1cc(-c2cccc(Br)c2)nc[nH]1. The smallest absolute Gasteiger partial charge is 0.251 e. The Bertz CT molecular complexity index is 507. The van der Waals surface area contributed by atoms with Gasteiger partial charge in [0.15, 0.2) is 0 Å². The molecule has 1 N–H and O–H groups in total. The summed E-state index contributed by atoms with van der Waals surface area (Å²) in [6, 6.07) is 9.13. The third-order valence-electron chi connectivity index (χ3n) is 1.80. The van der Waals surface area contributed by atoms with Gasteiger partial charge < -0.3 is 4.98 Å². The second kappa shape index (κ2) is 3.75. The molecule has 1 aromatic heterocycles. The van der Waals surface area contributed by atoms with Crippen LogP contribution < -0.4 is 5.56 Å². The lowest BCUT2D eigenvalue weighted by Crippen LogP contribution is -2.04. The zero-order valence-electron chi connectivity index (χ0n) is 7.20. The molecule has 0 saturated heterocycles. The van der Waals surface area contributed by atoms with E-state index in [1.165, 1.54) is 12.4 Å². The second-order valence-corrected chi connectivity index (χ2v) is 3.72. The van der Waals surface area contributed by atoms with E-state index < -0.39 is 0 Å². The molecule has 4 heteroatoms. The monoisotopic (exact) mass is 250 g/mol. The van der Waals surface area contributed by atoms with Crippen LogP contribution in [0.5, 0.6) is 0 Å². The average molecular weight is 251 g/mol. The highest BCUT2D eigenvalue weighted by Gasteiger charge is 1.99. The molecule has 2 aromatic rings. The van der Waals surface area contributed by atoms with Crippen LogP contribution in [-0.2, 0) is 0 Å². The molecule has 0 spiro atoms. The molecule has 3 nitrogen and oxygen atoms in total.